The predicted octanol–water partition coefficient (Wildman–Crippen LogP) is 5.49. The number of hydrogen-bond donors (Lipinski definition) is 0. The van der Waals surface area contributed by atoms with Crippen molar-refractivity contribution in [1.29, 1.82) is 5.26 Å². The Kier molecular flexibility index (Phi) is 5.90. The number of thioether (sulfide) groups is 1. The van der Waals surface area contributed by atoms with E-state index >= 15 is 0 Å². The van der Waals surface area contributed by atoms with Gasteiger partial charge in [-0.3, -0.25) is 19.3 Å². The molecule has 33 heavy (non-hydrogen) atoms. The fourth-order valence-corrected chi connectivity index (χ4v) is 4.37. The molecule has 0 N–H and O–H groups in total. The first-order valence-electron chi connectivity index (χ1n) is 10.0. The predicted molar refractivity (Wildman–Crippen MR) is 113 cm³/mol. The fraction of sp³-hybridized carbons (Fsp3) is 0.364. The van der Waals surface area contributed by atoms with Crippen LogP contribution in [0.3, 0.4) is 0 Å². The second kappa shape index (κ2) is 8.41. The Morgan fingerprint density at radius 2 is 1.94 bits per heavy atom. The van der Waals surface area contributed by atoms with Gasteiger partial charge < -0.3 is 0 Å². The van der Waals surface area contributed by atoms with Gasteiger partial charge in [0.05, 0.1) is 28.9 Å². The minimum absolute atomic E-state index is 0.0136. The van der Waals surface area contributed by atoms with Crippen LogP contribution in [-0.4, -0.2) is 32.6 Å². The number of aromatic nitrogens is 3. The van der Waals surface area contributed by atoms with E-state index in [9.17, 15) is 32.0 Å². The van der Waals surface area contributed by atoms with Crippen LogP contribution < -0.4 is 5.56 Å². The highest BCUT2D eigenvalue weighted by molar-refractivity contribution is 7.99. The zero-order valence-electron chi connectivity index (χ0n) is 17.2. The van der Waals surface area contributed by atoms with E-state index in [1.807, 2.05) is 13.0 Å². The molecule has 1 saturated carbocycles. The number of rotatable bonds is 7. The van der Waals surface area contributed by atoms with E-state index in [-0.39, 0.29) is 15.5 Å². The summed E-state index contributed by atoms with van der Waals surface area (Å²) in [4.78, 5) is 21.5. The van der Waals surface area contributed by atoms with Crippen molar-refractivity contribution in [2.24, 2.45) is 0 Å². The highest BCUT2D eigenvalue weighted by Crippen LogP contribution is 2.48. The van der Waals surface area contributed by atoms with Crippen molar-refractivity contribution in [1.82, 2.24) is 14.5 Å². The summed E-state index contributed by atoms with van der Waals surface area (Å²) in [5, 5.41) is 9.62. The third kappa shape index (κ3) is 3.97. The molecular weight excluding hydrogens is 463 g/mol. The van der Waals surface area contributed by atoms with Gasteiger partial charge in [-0.1, -0.05) is 6.92 Å². The molecule has 0 saturated heterocycles. The molecule has 3 aromatic heterocycles. The quantitative estimate of drug-likeness (QED) is 0.330. The summed E-state index contributed by atoms with van der Waals surface area (Å²) < 4.78 is 67.0. The van der Waals surface area contributed by atoms with Crippen molar-refractivity contribution in [2.45, 2.75) is 48.7 Å². The summed E-state index contributed by atoms with van der Waals surface area (Å²) in [6.45, 7) is 1.94. The van der Waals surface area contributed by atoms with E-state index in [2.05, 4.69) is 16.0 Å². The van der Waals surface area contributed by atoms with Crippen molar-refractivity contribution >= 4 is 22.7 Å². The van der Waals surface area contributed by atoms with E-state index in [0.717, 1.165) is 35.6 Å². The minimum Gasteiger partial charge on any atom is -0.270 e. The zero-order chi connectivity index (χ0) is 24.0. The van der Waals surface area contributed by atoms with Crippen molar-refractivity contribution in [3.8, 4) is 17.5 Å². The van der Waals surface area contributed by atoms with Gasteiger partial charge >= 0.3 is 12.3 Å². The third-order valence-electron chi connectivity index (χ3n) is 5.56. The molecule has 0 spiro atoms. The summed E-state index contributed by atoms with van der Waals surface area (Å²) in [6.07, 6.45) is -3.76. The Hall–Kier alpha value is -3.00. The molecule has 1 aliphatic carbocycles. The van der Waals surface area contributed by atoms with Crippen LogP contribution in [0, 0.1) is 11.3 Å². The van der Waals surface area contributed by atoms with Crippen molar-refractivity contribution in [3.05, 3.63) is 52.6 Å². The van der Waals surface area contributed by atoms with Gasteiger partial charge in [-0.05, 0) is 42.4 Å². The van der Waals surface area contributed by atoms with E-state index in [1.165, 1.54) is 23.9 Å². The Balaban J connectivity index is 1.82. The minimum atomic E-state index is -5.06. The number of alkyl halides is 5. The summed E-state index contributed by atoms with van der Waals surface area (Å²) in [5.74, 6) is -4.35. The largest absolute Gasteiger partial charge is 0.356 e. The van der Waals surface area contributed by atoms with Crippen LogP contribution in [0.1, 0.15) is 31.6 Å². The number of fused-ring (bicyclic) bond motifs is 1. The van der Waals surface area contributed by atoms with E-state index in [1.54, 1.807) is 6.20 Å². The average molecular weight is 480 g/mol. The number of pyridine rings is 3. The highest BCUT2D eigenvalue weighted by Gasteiger charge is 2.51. The molecule has 1 unspecified atom stereocenters. The lowest BCUT2D eigenvalue weighted by Crippen LogP contribution is -2.39. The van der Waals surface area contributed by atoms with Crippen LogP contribution in [0.4, 0.5) is 22.0 Å². The molecule has 1 fully saturated rings. The fourth-order valence-electron chi connectivity index (χ4n) is 3.55. The molecule has 11 heteroatoms. The third-order valence-corrected chi connectivity index (χ3v) is 6.47. The van der Waals surface area contributed by atoms with Crippen LogP contribution >= 0.6 is 11.8 Å². The molecule has 3 aromatic rings. The number of nitriles is 1. The van der Waals surface area contributed by atoms with Crippen LogP contribution in [0.2, 0.25) is 0 Å². The van der Waals surface area contributed by atoms with Gasteiger partial charge in [0.2, 0.25) is 6.30 Å². The SMILES string of the molecule is CCSc1cc(C2(C#N)CC2)cnc1-c1cc2ccc(=O)n(C(F)C(F)(F)C(F)F)c2cn1. The monoisotopic (exact) mass is 480 g/mol. The van der Waals surface area contributed by atoms with Gasteiger partial charge in [-0.25, -0.2) is 13.2 Å². The van der Waals surface area contributed by atoms with Gasteiger partial charge in [0.25, 0.3) is 5.56 Å². The smallest absolute Gasteiger partial charge is 0.270 e. The Labute approximate surface area is 189 Å². The van der Waals surface area contributed by atoms with Gasteiger partial charge in [0.15, 0.2) is 0 Å². The standard InChI is InChI=1S/C22H17F5N4OS/c1-2-33-16-8-13(21(11-28)5-6-21)9-30-18(16)14-7-12-3-4-17(32)31(15(12)10-29-14)20(25)22(26,27)19(23)24/h3-4,7-10,19-20H,2,5-6H2,1H3. The normalized spacial score (nSPS) is 16.1. The first-order chi connectivity index (χ1) is 15.6. The Morgan fingerprint density at radius 1 is 1.21 bits per heavy atom. The molecule has 4 rings (SSSR count). The zero-order valence-corrected chi connectivity index (χ0v) is 18.1. The summed E-state index contributed by atoms with van der Waals surface area (Å²) in [6, 6.07) is 7.74. The van der Waals surface area contributed by atoms with Crippen LogP contribution in [0.25, 0.3) is 22.3 Å². The molecular formula is C22H17F5N4OS. The molecule has 5 nitrogen and oxygen atoms in total. The lowest BCUT2D eigenvalue weighted by atomic mass is 9.99. The molecule has 0 aromatic carbocycles. The maximum absolute atomic E-state index is 14.4. The van der Waals surface area contributed by atoms with Crippen molar-refractivity contribution in [2.75, 3.05) is 5.75 Å². The molecule has 1 atom stereocenters. The average Bonchev–Trinajstić information content (AvgIpc) is 3.60. The topological polar surface area (TPSA) is 71.6 Å². The number of nitrogens with zero attached hydrogens (tertiary/aromatic N) is 4. The summed E-state index contributed by atoms with van der Waals surface area (Å²) in [5.41, 5.74) is -0.480. The highest BCUT2D eigenvalue weighted by atomic mass is 32.2. The molecule has 0 aliphatic heterocycles. The van der Waals surface area contributed by atoms with Gasteiger partial charge in [0, 0.05) is 22.5 Å². The first-order valence-corrected chi connectivity index (χ1v) is 11.0. The summed E-state index contributed by atoms with van der Waals surface area (Å²) in [7, 11) is 0. The van der Waals surface area contributed by atoms with Gasteiger partial charge in [-0.15, -0.1) is 11.8 Å². The first kappa shape index (κ1) is 23.2. The second-order valence-corrected chi connectivity index (χ2v) is 8.98. The van der Waals surface area contributed by atoms with Gasteiger partial charge in [0.1, 0.15) is 5.69 Å². The van der Waals surface area contributed by atoms with E-state index in [4.69, 9.17) is 0 Å². The Bertz CT molecular complexity index is 1320. The van der Waals surface area contributed by atoms with Crippen molar-refractivity contribution < 1.29 is 22.0 Å². The van der Waals surface area contributed by atoms with E-state index < -0.39 is 29.6 Å². The molecule has 172 valence electrons. The lowest BCUT2D eigenvalue weighted by Gasteiger charge is -2.22. The van der Waals surface area contributed by atoms with Crippen LogP contribution in [0.15, 0.2) is 46.3 Å². The van der Waals surface area contributed by atoms with E-state index in [0.29, 0.717) is 17.1 Å². The molecule has 1 aliphatic rings. The lowest BCUT2D eigenvalue weighted by molar-refractivity contribution is -0.191. The van der Waals surface area contributed by atoms with Crippen LogP contribution in [0.5, 0.6) is 0 Å². The van der Waals surface area contributed by atoms with Crippen LogP contribution in [-0.2, 0) is 5.41 Å². The maximum Gasteiger partial charge on any atom is 0.356 e. The molecule has 0 bridgehead atoms. The molecule has 3 heterocycles. The Morgan fingerprint density at radius 3 is 2.55 bits per heavy atom. The number of hydrogen-bond acceptors (Lipinski definition) is 5. The van der Waals surface area contributed by atoms with Crippen molar-refractivity contribution in [3.63, 3.8) is 0 Å². The summed E-state index contributed by atoms with van der Waals surface area (Å²) >= 11 is 1.48. The molecule has 0 amide bonds. The number of halogens is 5. The molecule has 0 radical (unpaired) electrons. The van der Waals surface area contributed by atoms with Gasteiger partial charge in [-0.2, -0.15) is 14.0 Å². The second-order valence-electron chi connectivity index (χ2n) is 7.68. The maximum atomic E-state index is 14.4.